The average molecular weight is 290 g/mol. The molecule has 0 atom stereocenters. The standard InChI is InChI=1S/C15H18N2O4/c18-14(2-1-12-3-7-16-8-4-12)21-11-13-5-9-17(10-6-13)15(19)20/h1-4,7-8,13H,5-6,9-11H2,(H,19,20)/b2-1+. The minimum Gasteiger partial charge on any atom is -0.465 e. The minimum absolute atomic E-state index is 0.235. The Morgan fingerprint density at radius 1 is 1.33 bits per heavy atom. The highest BCUT2D eigenvalue weighted by molar-refractivity contribution is 5.86. The molecule has 2 rings (SSSR count). The van der Waals surface area contributed by atoms with Crippen molar-refractivity contribution in [2.45, 2.75) is 12.8 Å². The van der Waals surface area contributed by atoms with E-state index < -0.39 is 6.09 Å². The van der Waals surface area contributed by atoms with Crippen molar-refractivity contribution in [2.75, 3.05) is 19.7 Å². The van der Waals surface area contributed by atoms with Crippen molar-refractivity contribution in [1.82, 2.24) is 9.88 Å². The summed E-state index contributed by atoms with van der Waals surface area (Å²) in [6.07, 6.45) is 6.95. The summed E-state index contributed by atoms with van der Waals surface area (Å²) < 4.78 is 5.19. The molecule has 0 aromatic carbocycles. The number of hydrogen-bond acceptors (Lipinski definition) is 4. The Bertz CT molecular complexity index is 508. The van der Waals surface area contributed by atoms with Crippen LogP contribution in [0, 0.1) is 5.92 Å². The quantitative estimate of drug-likeness (QED) is 0.678. The van der Waals surface area contributed by atoms with Crippen LogP contribution in [0.2, 0.25) is 0 Å². The predicted molar refractivity (Wildman–Crippen MR) is 76.6 cm³/mol. The molecular formula is C15H18N2O4. The van der Waals surface area contributed by atoms with E-state index in [1.807, 2.05) is 0 Å². The number of hydrogen-bond donors (Lipinski definition) is 1. The first kappa shape index (κ1) is 15.0. The lowest BCUT2D eigenvalue weighted by molar-refractivity contribution is -0.139. The van der Waals surface area contributed by atoms with E-state index >= 15 is 0 Å². The van der Waals surface area contributed by atoms with Crippen molar-refractivity contribution in [1.29, 1.82) is 0 Å². The summed E-state index contributed by atoms with van der Waals surface area (Å²) in [6, 6.07) is 3.59. The van der Waals surface area contributed by atoms with Crippen molar-refractivity contribution in [3.05, 3.63) is 36.2 Å². The number of piperidine rings is 1. The van der Waals surface area contributed by atoms with Gasteiger partial charge in [-0.15, -0.1) is 0 Å². The molecule has 1 aromatic heterocycles. The van der Waals surface area contributed by atoms with Gasteiger partial charge in [0.25, 0.3) is 0 Å². The van der Waals surface area contributed by atoms with Crippen LogP contribution in [0.3, 0.4) is 0 Å². The SMILES string of the molecule is O=C(/C=C/c1ccncc1)OCC1CCN(C(=O)O)CC1. The number of likely N-dealkylation sites (tertiary alicyclic amines) is 1. The van der Waals surface area contributed by atoms with Gasteiger partial charge >= 0.3 is 12.1 Å². The van der Waals surface area contributed by atoms with E-state index in [4.69, 9.17) is 9.84 Å². The normalized spacial score (nSPS) is 16.1. The Morgan fingerprint density at radius 3 is 2.62 bits per heavy atom. The van der Waals surface area contributed by atoms with Gasteiger partial charge in [-0.1, -0.05) is 0 Å². The van der Waals surface area contributed by atoms with Crippen LogP contribution in [0.5, 0.6) is 0 Å². The predicted octanol–water partition coefficient (Wildman–Crippen LogP) is 2.03. The number of pyridine rings is 1. The largest absolute Gasteiger partial charge is 0.465 e. The first-order valence-electron chi connectivity index (χ1n) is 6.88. The highest BCUT2D eigenvalue weighted by atomic mass is 16.5. The molecular weight excluding hydrogens is 272 g/mol. The molecule has 0 radical (unpaired) electrons. The van der Waals surface area contributed by atoms with E-state index in [-0.39, 0.29) is 11.9 Å². The van der Waals surface area contributed by atoms with Crippen molar-refractivity contribution < 1.29 is 19.4 Å². The molecule has 0 unspecified atom stereocenters. The lowest BCUT2D eigenvalue weighted by Crippen LogP contribution is -2.38. The van der Waals surface area contributed by atoms with Gasteiger partial charge in [-0.2, -0.15) is 0 Å². The summed E-state index contributed by atoms with van der Waals surface area (Å²) in [6.45, 7) is 1.35. The van der Waals surface area contributed by atoms with Gasteiger partial charge in [-0.25, -0.2) is 9.59 Å². The Hall–Kier alpha value is -2.37. The van der Waals surface area contributed by atoms with Crippen LogP contribution in [-0.2, 0) is 9.53 Å². The fraction of sp³-hybridized carbons (Fsp3) is 0.400. The smallest absolute Gasteiger partial charge is 0.407 e. The molecule has 6 heteroatoms. The molecule has 0 saturated carbocycles. The molecule has 0 aliphatic carbocycles. The Kier molecular flexibility index (Phi) is 5.31. The Labute approximate surface area is 123 Å². The third-order valence-corrected chi connectivity index (χ3v) is 3.46. The maximum atomic E-state index is 11.6. The summed E-state index contributed by atoms with van der Waals surface area (Å²) in [5, 5.41) is 8.85. The number of carbonyl (C=O) groups is 2. The molecule has 2 heterocycles. The molecule has 1 N–H and O–H groups in total. The van der Waals surface area contributed by atoms with Crippen molar-refractivity contribution in [2.24, 2.45) is 5.92 Å². The summed E-state index contributed by atoms with van der Waals surface area (Å²) >= 11 is 0. The Morgan fingerprint density at radius 2 is 2.00 bits per heavy atom. The molecule has 1 saturated heterocycles. The zero-order valence-electron chi connectivity index (χ0n) is 11.6. The molecule has 0 bridgehead atoms. The number of carboxylic acid groups (broad SMARTS) is 1. The highest BCUT2D eigenvalue weighted by Crippen LogP contribution is 2.17. The van der Waals surface area contributed by atoms with Crippen molar-refractivity contribution in [3.8, 4) is 0 Å². The second-order valence-electron chi connectivity index (χ2n) is 4.96. The number of ether oxygens (including phenoxy) is 1. The van der Waals surface area contributed by atoms with Gasteiger partial charge in [-0.05, 0) is 42.5 Å². The molecule has 21 heavy (non-hydrogen) atoms. The topological polar surface area (TPSA) is 79.7 Å². The second-order valence-corrected chi connectivity index (χ2v) is 4.96. The molecule has 1 aliphatic rings. The summed E-state index contributed by atoms with van der Waals surface area (Å²) in [7, 11) is 0. The zero-order valence-corrected chi connectivity index (χ0v) is 11.6. The lowest BCUT2D eigenvalue weighted by Gasteiger charge is -2.29. The van der Waals surface area contributed by atoms with E-state index in [1.54, 1.807) is 30.6 Å². The summed E-state index contributed by atoms with van der Waals surface area (Å²) in [5.74, 6) is -0.147. The van der Waals surface area contributed by atoms with E-state index in [1.165, 1.54) is 11.0 Å². The molecule has 112 valence electrons. The van der Waals surface area contributed by atoms with Crippen LogP contribution >= 0.6 is 0 Å². The lowest BCUT2D eigenvalue weighted by atomic mass is 9.98. The average Bonchev–Trinajstić information content (AvgIpc) is 2.52. The molecule has 0 spiro atoms. The van der Waals surface area contributed by atoms with E-state index in [0.29, 0.717) is 19.7 Å². The molecule has 1 aliphatic heterocycles. The van der Waals surface area contributed by atoms with Crippen LogP contribution in [-0.4, -0.2) is 46.7 Å². The van der Waals surface area contributed by atoms with Gasteiger partial charge in [0, 0.05) is 31.6 Å². The number of aromatic nitrogens is 1. The first-order chi connectivity index (χ1) is 10.1. The summed E-state index contributed by atoms with van der Waals surface area (Å²) in [5.41, 5.74) is 0.886. The van der Waals surface area contributed by atoms with Crippen LogP contribution < -0.4 is 0 Å². The van der Waals surface area contributed by atoms with Crippen molar-refractivity contribution >= 4 is 18.1 Å². The zero-order chi connectivity index (χ0) is 15.1. The van der Waals surface area contributed by atoms with E-state index in [9.17, 15) is 9.59 Å². The second kappa shape index (κ2) is 7.42. The number of rotatable bonds is 4. The van der Waals surface area contributed by atoms with Crippen LogP contribution in [0.4, 0.5) is 4.79 Å². The van der Waals surface area contributed by atoms with Gasteiger partial charge in [0.1, 0.15) is 0 Å². The van der Waals surface area contributed by atoms with Crippen LogP contribution in [0.15, 0.2) is 30.6 Å². The van der Waals surface area contributed by atoms with Crippen LogP contribution in [0.25, 0.3) is 6.08 Å². The fourth-order valence-electron chi connectivity index (χ4n) is 2.18. The number of esters is 1. The van der Waals surface area contributed by atoms with Gasteiger partial charge in [0.15, 0.2) is 0 Å². The molecule has 6 nitrogen and oxygen atoms in total. The fourth-order valence-corrected chi connectivity index (χ4v) is 2.18. The van der Waals surface area contributed by atoms with Gasteiger partial charge in [0.2, 0.25) is 0 Å². The first-order valence-corrected chi connectivity index (χ1v) is 6.88. The van der Waals surface area contributed by atoms with E-state index in [0.717, 1.165) is 18.4 Å². The van der Waals surface area contributed by atoms with Gasteiger partial charge in [-0.3, -0.25) is 4.98 Å². The molecule has 1 amide bonds. The maximum Gasteiger partial charge on any atom is 0.407 e. The monoisotopic (exact) mass is 290 g/mol. The van der Waals surface area contributed by atoms with Gasteiger partial charge < -0.3 is 14.7 Å². The molecule has 1 fully saturated rings. The molecule has 1 aromatic rings. The maximum absolute atomic E-state index is 11.6. The number of carbonyl (C=O) groups excluding carboxylic acids is 1. The Balaban J connectivity index is 1.70. The third kappa shape index (κ3) is 4.91. The van der Waals surface area contributed by atoms with Gasteiger partial charge in [0.05, 0.1) is 6.61 Å². The number of nitrogens with zero attached hydrogens (tertiary/aromatic N) is 2. The summed E-state index contributed by atoms with van der Waals surface area (Å²) in [4.78, 5) is 27.7. The third-order valence-electron chi connectivity index (χ3n) is 3.46. The van der Waals surface area contributed by atoms with E-state index in [2.05, 4.69) is 4.98 Å². The van der Waals surface area contributed by atoms with Crippen molar-refractivity contribution in [3.63, 3.8) is 0 Å². The minimum atomic E-state index is -0.884. The highest BCUT2D eigenvalue weighted by Gasteiger charge is 2.22. The number of amides is 1. The van der Waals surface area contributed by atoms with Crippen LogP contribution in [0.1, 0.15) is 18.4 Å².